The number of ether oxygens (including phenoxy) is 1. The Kier molecular flexibility index (Phi) is 7.10. The molecule has 0 bridgehead atoms. The first-order valence-electron chi connectivity index (χ1n) is 13.3. The molecule has 2 aromatic carbocycles. The molecule has 6 nitrogen and oxygen atoms in total. The highest BCUT2D eigenvalue weighted by molar-refractivity contribution is 5.90. The van der Waals surface area contributed by atoms with Crippen molar-refractivity contribution in [3.63, 3.8) is 0 Å². The summed E-state index contributed by atoms with van der Waals surface area (Å²) in [4.78, 5) is 30.6. The van der Waals surface area contributed by atoms with Gasteiger partial charge in [-0.25, -0.2) is 4.79 Å². The van der Waals surface area contributed by atoms with E-state index in [2.05, 4.69) is 5.32 Å². The monoisotopic (exact) mass is 593 g/mol. The van der Waals surface area contributed by atoms with Gasteiger partial charge in [0.05, 0.1) is 40.6 Å². The standard InChI is InChI=1S/C30H29F6N3O3/c1-18-6-4-5-7-23(18)28(19(2)20-14-21(29(31,32)33)16-22(15-20)30(34,35)36)24-17-27(8-12-42-13-9-27)25(40)38(24)10-11-39(28)26(41)37-3/h4-9,12-16,19,24H,10-11,17H2,1-3H3,(H,37,41)/t19-,24?,28?/m1/s1. The number of nitrogens with one attached hydrogen (secondary N) is 1. The summed E-state index contributed by atoms with van der Waals surface area (Å²) in [5.41, 5.74) is -4.69. The topological polar surface area (TPSA) is 61.9 Å². The number of amides is 3. The van der Waals surface area contributed by atoms with Gasteiger partial charge in [0.15, 0.2) is 0 Å². The molecule has 3 amide bonds. The van der Waals surface area contributed by atoms with E-state index in [-0.39, 0.29) is 37.0 Å². The Morgan fingerprint density at radius 3 is 2.14 bits per heavy atom. The number of hydrogen-bond acceptors (Lipinski definition) is 3. The predicted molar refractivity (Wildman–Crippen MR) is 141 cm³/mol. The van der Waals surface area contributed by atoms with E-state index in [0.717, 1.165) is 0 Å². The molecule has 2 aromatic rings. The quantitative estimate of drug-likeness (QED) is 0.423. The second kappa shape index (κ2) is 10.1. The fourth-order valence-corrected chi connectivity index (χ4v) is 6.84. The molecule has 0 radical (unpaired) electrons. The maximum atomic E-state index is 14.0. The molecule has 0 aliphatic carbocycles. The van der Waals surface area contributed by atoms with Crippen molar-refractivity contribution in [2.75, 3.05) is 20.1 Å². The lowest BCUT2D eigenvalue weighted by Crippen LogP contribution is -2.69. The lowest BCUT2D eigenvalue weighted by molar-refractivity contribution is -0.143. The number of alkyl halides is 6. The fourth-order valence-electron chi connectivity index (χ4n) is 6.84. The molecule has 0 saturated carbocycles. The summed E-state index contributed by atoms with van der Waals surface area (Å²) >= 11 is 0. The fraction of sp³-hybridized carbons (Fsp3) is 0.400. The molecule has 224 valence electrons. The number of carbonyl (C=O) groups excluding carboxylic acids is 2. The summed E-state index contributed by atoms with van der Waals surface area (Å²) < 4.78 is 89.0. The normalized spacial score (nSPS) is 24.0. The van der Waals surface area contributed by atoms with Gasteiger partial charge < -0.3 is 19.9 Å². The number of fused-ring (bicyclic) bond motifs is 1. The molecule has 5 rings (SSSR count). The molecule has 2 fully saturated rings. The summed E-state index contributed by atoms with van der Waals surface area (Å²) in [6.07, 6.45) is -4.08. The molecule has 2 unspecified atom stereocenters. The van der Waals surface area contributed by atoms with Crippen LogP contribution in [0.3, 0.4) is 0 Å². The van der Waals surface area contributed by atoms with Gasteiger partial charge in [0.25, 0.3) is 0 Å². The zero-order valence-corrected chi connectivity index (χ0v) is 23.0. The van der Waals surface area contributed by atoms with Gasteiger partial charge in [-0.15, -0.1) is 0 Å². The van der Waals surface area contributed by atoms with Gasteiger partial charge in [-0.1, -0.05) is 31.2 Å². The zero-order chi connectivity index (χ0) is 30.7. The van der Waals surface area contributed by atoms with Crippen LogP contribution in [0.25, 0.3) is 0 Å². The van der Waals surface area contributed by atoms with E-state index >= 15 is 0 Å². The Bertz CT molecular complexity index is 1420. The molecule has 3 heterocycles. The van der Waals surface area contributed by atoms with Crippen LogP contribution in [0.15, 0.2) is 67.1 Å². The van der Waals surface area contributed by atoms with Gasteiger partial charge in [0, 0.05) is 26.1 Å². The molecule has 3 atom stereocenters. The minimum Gasteiger partial charge on any atom is -0.473 e. The Balaban J connectivity index is 1.84. The molecule has 42 heavy (non-hydrogen) atoms. The highest BCUT2D eigenvalue weighted by Gasteiger charge is 2.64. The van der Waals surface area contributed by atoms with Crippen molar-refractivity contribution >= 4 is 11.9 Å². The number of urea groups is 1. The van der Waals surface area contributed by atoms with E-state index < -0.39 is 52.4 Å². The van der Waals surface area contributed by atoms with Gasteiger partial charge in [0.1, 0.15) is 0 Å². The summed E-state index contributed by atoms with van der Waals surface area (Å²) in [7, 11) is 1.40. The van der Waals surface area contributed by atoms with Gasteiger partial charge in [0.2, 0.25) is 5.91 Å². The smallest absolute Gasteiger partial charge is 0.416 e. The van der Waals surface area contributed by atoms with E-state index in [1.54, 1.807) is 48.2 Å². The summed E-state index contributed by atoms with van der Waals surface area (Å²) in [6, 6.07) is 7.05. The minimum absolute atomic E-state index is 0.00825. The van der Waals surface area contributed by atoms with Gasteiger partial charge in [-0.2, -0.15) is 26.3 Å². The van der Waals surface area contributed by atoms with E-state index in [9.17, 15) is 35.9 Å². The van der Waals surface area contributed by atoms with Crippen molar-refractivity contribution in [1.29, 1.82) is 0 Å². The largest absolute Gasteiger partial charge is 0.473 e. The SMILES string of the molecule is CNC(=O)N1CCN2C(=O)C3(C=COC=C3)CC2C1(c1ccccc1C)[C@H](C)c1cc(C(F)(F)F)cc(C(F)(F)F)c1. The molecule has 1 N–H and O–H groups in total. The summed E-state index contributed by atoms with van der Waals surface area (Å²) in [5.74, 6) is -1.42. The van der Waals surface area contributed by atoms with Crippen LogP contribution >= 0.6 is 0 Å². The first-order chi connectivity index (χ1) is 19.7. The Hall–Kier alpha value is -3.96. The van der Waals surface area contributed by atoms with Crippen molar-refractivity contribution in [3.05, 3.63) is 95.0 Å². The Morgan fingerprint density at radius 1 is 1.00 bits per heavy atom. The third-order valence-electron chi connectivity index (χ3n) is 8.78. The maximum absolute atomic E-state index is 14.0. The van der Waals surface area contributed by atoms with Crippen LogP contribution < -0.4 is 5.32 Å². The third kappa shape index (κ3) is 4.51. The number of rotatable bonds is 3. The number of benzene rings is 2. The summed E-state index contributed by atoms with van der Waals surface area (Å²) in [5, 5.41) is 2.59. The van der Waals surface area contributed by atoms with Gasteiger partial charge >= 0.3 is 18.4 Å². The van der Waals surface area contributed by atoms with Crippen molar-refractivity contribution in [2.24, 2.45) is 5.41 Å². The summed E-state index contributed by atoms with van der Waals surface area (Å²) in [6.45, 7) is 3.40. The number of nitrogens with zero attached hydrogens (tertiary/aromatic N) is 2. The lowest BCUT2D eigenvalue weighted by Gasteiger charge is -2.57. The number of halogens is 6. The second-order valence-corrected chi connectivity index (χ2v) is 10.9. The van der Waals surface area contributed by atoms with E-state index in [1.165, 1.54) is 31.4 Å². The van der Waals surface area contributed by atoms with Gasteiger partial charge in [-0.05, 0) is 60.4 Å². The average molecular weight is 594 g/mol. The van der Waals surface area contributed by atoms with E-state index in [4.69, 9.17) is 4.74 Å². The lowest BCUT2D eigenvalue weighted by atomic mass is 9.65. The Labute approximate surface area is 238 Å². The van der Waals surface area contributed by atoms with Crippen molar-refractivity contribution in [3.8, 4) is 0 Å². The molecule has 3 aliphatic heterocycles. The van der Waals surface area contributed by atoms with E-state index in [1.807, 2.05) is 0 Å². The van der Waals surface area contributed by atoms with Crippen LogP contribution in [0.1, 0.15) is 47.1 Å². The molecular formula is C30H29F6N3O3. The average Bonchev–Trinajstić information content (AvgIpc) is 3.22. The van der Waals surface area contributed by atoms with Crippen LogP contribution in [-0.4, -0.2) is 47.9 Å². The molecule has 2 saturated heterocycles. The van der Waals surface area contributed by atoms with Crippen molar-refractivity contribution in [2.45, 2.75) is 50.1 Å². The molecule has 1 spiro atoms. The van der Waals surface area contributed by atoms with Crippen LogP contribution in [0, 0.1) is 12.3 Å². The van der Waals surface area contributed by atoms with E-state index in [0.29, 0.717) is 23.3 Å². The highest BCUT2D eigenvalue weighted by atomic mass is 19.4. The molecule has 0 aromatic heterocycles. The molecular weight excluding hydrogens is 564 g/mol. The van der Waals surface area contributed by atoms with Crippen LogP contribution in [0.2, 0.25) is 0 Å². The zero-order valence-electron chi connectivity index (χ0n) is 23.0. The van der Waals surface area contributed by atoms with Crippen LogP contribution in [0.5, 0.6) is 0 Å². The van der Waals surface area contributed by atoms with Crippen molar-refractivity contribution in [1.82, 2.24) is 15.1 Å². The number of aryl methyl sites for hydroxylation is 1. The third-order valence-corrected chi connectivity index (χ3v) is 8.78. The molecule has 12 heteroatoms. The van der Waals surface area contributed by atoms with Gasteiger partial charge in [-0.3, -0.25) is 4.79 Å². The van der Waals surface area contributed by atoms with Crippen molar-refractivity contribution < 1.29 is 40.7 Å². The maximum Gasteiger partial charge on any atom is 0.416 e. The Morgan fingerprint density at radius 2 is 1.60 bits per heavy atom. The number of hydrogen-bond donors (Lipinski definition) is 1. The number of carbonyl (C=O) groups is 2. The highest BCUT2D eigenvalue weighted by Crippen LogP contribution is 2.56. The first kappa shape index (κ1) is 29.5. The second-order valence-electron chi connectivity index (χ2n) is 10.9. The predicted octanol–water partition coefficient (Wildman–Crippen LogP) is 6.33. The molecule has 3 aliphatic rings. The minimum atomic E-state index is -5.06. The first-order valence-corrected chi connectivity index (χ1v) is 13.3. The van der Waals surface area contributed by atoms with Crippen LogP contribution in [-0.2, 0) is 27.4 Å². The number of piperazine rings is 1. The van der Waals surface area contributed by atoms with Crippen LogP contribution in [0.4, 0.5) is 31.1 Å².